The standard InChI is InChI=1S/C15H19ClN4O2/c1-9(2)11-7-13(22-18-11)12-5-4-6-20(12)15(21)14-10(16)8-19(3)17-14/h7-9,12H,4-6H2,1-3H3/t12-/m1/s1. The van der Waals surface area contributed by atoms with Crippen LogP contribution in [0.1, 0.15) is 60.6 Å². The van der Waals surface area contributed by atoms with Crippen LogP contribution in [0.3, 0.4) is 0 Å². The van der Waals surface area contributed by atoms with E-state index >= 15 is 0 Å². The lowest BCUT2D eigenvalue weighted by atomic mass is 10.1. The first-order valence-electron chi connectivity index (χ1n) is 7.44. The number of aromatic nitrogens is 3. The van der Waals surface area contributed by atoms with Crippen LogP contribution in [0.4, 0.5) is 0 Å². The van der Waals surface area contributed by atoms with Gasteiger partial charge in [0, 0.05) is 25.9 Å². The number of likely N-dealkylation sites (tertiary alicyclic amines) is 1. The van der Waals surface area contributed by atoms with Gasteiger partial charge >= 0.3 is 0 Å². The topological polar surface area (TPSA) is 64.2 Å². The summed E-state index contributed by atoms with van der Waals surface area (Å²) >= 11 is 6.09. The van der Waals surface area contributed by atoms with E-state index in [9.17, 15) is 4.79 Å². The molecule has 1 saturated heterocycles. The molecule has 2 aromatic rings. The molecule has 0 aromatic carbocycles. The third-order valence-corrected chi connectivity index (χ3v) is 4.24. The number of carbonyl (C=O) groups excluding carboxylic acids is 1. The Morgan fingerprint density at radius 1 is 1.50 bits per heavy atom. The Labute approximate surface area is 134 Å². The summed E-state index contributed by atoms with van der Waals surface area (Å²) < 4.78 is 7.01. The van der Waals surface area contributed by atoms with E-state index in [1.165, 1.54) is 0 Å². The Bertz CT molecular complexity index is 692. The van der Waals surface area contributed by atoms with E-state index in [4.69, 9.17) is 16.1 Å². The van der Waals surface area contributed by atoms with Gasteiger partial charge in [0.05, 0.1) is 16.8 Å². The van der Waals surface area contributed by atoms with Gasteiger partial charge in [-0.15, -0.1) is 0 Å². The Morgan fingerprint density at radius 3 is 2.86 bits per heavy atom. The average molecular weight is 323 g/mol. The van der Waals surface area contributed by atoms with Crippen LogP contribution < -0.4 is 0 Å². The maximum absolute atomic E-state index is 12.7. The van der Waals surface area contributed by atoms with Crippen LogP contribution in [-0.4, -0.2) is 32.3 Å². The van der Waals surface area contributed by atoms with Gasteiger partial charge in [-0.25, -0.2) is 0 Å². The first kappa shape index (κ1) is 15.1. The van der Waals surface area contributed by atoms with Crippen LogP contribution in [0.5, 0.6) is 0 Å². The molecule has 1 aliphatic rings. The molecule has 1 amide bonds. The second kappa shape index (κ2) is 5.76. The molecule has 3 heterocycles. The van der Waals surface area contributed by atoms with Crippen molar-refractivity contribution in [3.63, 3.8) is 0 Å². The molecule has 118 valence electrons. The quantitative estimate of drug-likeness (QED) is 0.870. The van der Waals surface area contributed by atoms with E-state index in [0.717, 1.165) is 24.3 Å². The zero-order chi connectivity index (χ0) is 15.9. The molecule has 6 nitrogen and oxygen atoms in total. The van der Waals surface area contributed by atoms with Gasteiger partial charge in [-0.05, 0) is 18.8 Å². The summed E-state index contributed by atoms with van der Waals surface area (Å²) in [6, 6.07) is 1.85. The Kier molecular flexibility index (Phi) is 3.95. The molecule has 1 atom stereocenters. The predicted octanol–water partition coefficient (Wildman–Crippen LogP) is 3.16. The van der Waals surface area contributed by atoms with Crippen molar-refractivity contribution in [3.8, 4) is 0 Å². The number of hydrogen-bond donors (Lipinski definition) is 0. The van der Waals surface area contributed by atoms with E-state index in [0.29, 0.717) is 23.2 Å². The Hall–Kier alpha value is -1.82. The van der Waals surface area contributed by atoms with Crippen molar-refractivity contribution in [3.05, 3.63) is 34.4 Å². The molecular formula is C15H19ClN4O2. The number of halogens is 1. The number of nitrogens with zero attached hydrogens (tertiary/aromatic N) is 4. The van der Waals surface area contributed by atoms with Gasteiger partial charge in [0.25, 0.3) is 5.91 Å². The molecule has 0 spiro atoms. The number of amides is 1. The highest BCUT2D eigenvalue weighted by Gasteiger charge is 2.35. The first-order valence-corrected chi connectivity index (χ1v) is 7.81. The third kappa shape index (κ3) is 2.63. The highest BCUT2D eigenvalue weighted by molar-refractivity contribution is 6.33. The fourth-order valence-electron chi connectivity index (χ4n) is 2.78. The lowest BCUT2D eigenvalue weighted by molar-refractivity contribution is 0.0708. The fraction of sp³-hybridized carbons (Fsp3) is 0.533. The van der Waals surface area contributed by atoms with Gasteiger partial charge in [-0.2, -0.15) is 5.10 Å². The van der Waals surface area contributed by atoms with Crippen molar-refractivity contribution < 1.29 is 9.32 Å². The SMILES string of the molecule is CC(C)c1cc([C@H]2CCCN2C(=O)c2nn(C)cc2Cl)on1. The van der Waals surface area contributed by atoms with Crippen molar-refractivity contribution in [1.29, 1.82) is 0 Å². The summed E-state index contributed by atoms with van der Waals surface area (Å²) in [5, 5.41) is 8.63. The van der Waals surface area contributed by atoms with Gasteiger partial charge in [0.15, 0.2) is 11.5 Å². The number of hydrogen-bond acceptors (Lipinski definition) is 4. The smallest absolute Gasteiger partial charge is 0.276 e. The largest absolute Gasteiger partial charge is 0.359 e. The molecule has 1 fully saturated rings. The molecule has 0 saturated carbocycles. The Morgan fingerprint density at radius 2 is 2.27 bits per heavy atom. The van der Waals surface area contributed by atoms with E-state index in [1.54, 1.807) is 22.8 Å². The summed E-state index contributed by atoms with van der Waals surface area (Å²) in [6.07, 6.45) is 3.42. The van der Waals surface area contributed by atoms with Crippen LogP contribution in [0, 0.1) is 0 Å². The van der Waals surface area contributed by atoms with Crippen LogP contribution in [-0.2, 0) is 7.05 Å². The summed E-state index contributed by atoms with van der Waals surface area (Å²) in [5.41, 5.74) is 1.20. The van der Waals surface area contributed by atoms with E-state index in [-0.39, 0.29) is 11.9 Å². The van der Waals surface area contributed by atoms with Gasteiger partial charge in [0.1, 0.15) is 0 Å². The second-order valence-corrected chi connectivity index (χ2v) is 6.37. The minimum absolute atomic E-state index is 0.0921. The molecule has 3 rings (SSSR count). The molecule has 0 radical (unpaired) electrons. The minimum atomic E-state index is -0.157. The molecule has 0 unspecified atom stereocenters. The monoisotopic (exact) mass is 322 g/mol. The van der Waals surface area contributed by atoms with E-state index in [1.807, 2.05) is 6.07 Å². The highest BCUT2D eigenvalue weighted by Crippen LogP contribution is 2.34. The van der Waals surface area contributed by atoms with Crippen LogP contribution >= 0.6 is 11.6 Å². The maximum atomic E-state index is 12.7. The van der Waals surface area contributed by atoms with E-state index in [2.05, 4.69) is 24.1 Å². The molecule has 2 aromatic heterocycles. The summed E-state index contributed by atoms with van der Waals surface area (Å²) in [6.45, 7) is 4.80. The van der Waals surface area contributed by atoms with Crippen molar-refractivity contribution in [2.24, 2.45) is 7.05 Å². The minimum Gasteiger partial charge on any atom is -0.359 e. The van der Waals surface area contributed by atoms with Crippen molar-refractivity contribution in [2.75, 3.05) is 6.54 Å². The lowest BCUT2D eigenvalue weighted by Gasteiger charge is -2.21. The van der Waals surface area contributed by atoms with Crippen LogP contribution in [0.15, 0.2) is 16.8 Å². The average Bonchev–Trinajstić information content (AvgIpc) is 3.15. The molecule has 0 N–H and O–H groups in total. The second-order valence-electron chi connectivity index (χ2n) is 5.96. The molecular weight excluding hydrogens is 304 g/mol. The molecule has 0 bridgehead atoms. The van der Waals surface area contributed by atoms with Crippen molar-refractivity contribution in [1.82, 2.24) is 19.8 Å². The van der Waals surface area contributed by atoms with Gasteiger partial charge in [-0.3, -0.25) is 9.48 Å². The zero-order valence-corrected chi connectivity index (χ0v) is 13.7. The zero-order valence-electron chi connectivity index (χ0n) is 12.9. The fourth-order valence-corrected chi connectivity index (χ4v) is 3.04. The van der Waals surface area contributed by atoms with Gasteiger partial charge in [0.2, 0.25) is 0 Å². The van der Waals surface area contributed by atoms with E-state index < -0.39 is 0 Å². The van der Waals surface area contributed by atoms with Crippen molar-refractivity contribution in [2.45, 2.75) is 38.6 Å². The third-order valence-electron chi connectivity index (χ3n) is 3.97. The van der Waals surface area contributed by atoms with Gasteiger partial charge < -0.3 is 9.42 Å². The maximum Gasteiger partial charge on any atom is 0.276 e. The van der Waals surface area contributed by atoms with Crippen molar-refractivity contribution >= 4 is 17.5 Å². The van der Waals surface area contributed by atoms with Crippen LogP contribution in [0.25, 0.3) is 0 Å². The number of aryl methyl sites for hydroxylation is 1. The highest BCUT2D eigenvalue weighted by atomic mass is 35.5. The Balaban J connectivity index is 1.86. The molecule has 22 heavy (non-hydrogen) atoms. The number of carbonyl (C=O) groups is 1. The molecule has 7 heteroatoms. The summed E-state index contributed by atoms with van der Waals surface area (Å²) in [5.74, 6) is 0.880. The number of rotatable bonds is 3. The molecule has 0 aliphatic carbocycles. The summed E-state index contributed by atoms with van der Waals surface area (Å²) in [4.78, 5) is 14.5. The lowest BCUT2D eigenvalue weighted by Crippen LogP contribution is -2.31. The van der Waals surface area contributed by atoms with Crippen LogP contribution in [0.2, 0.25) is 5.02 Å². The summed E-state index contributed by atoms with van der Waals surface area (Å²) in [7, 11) is 1.75. The first-order chi connectivity index (χ1) is 10.5. The normalized spacial score (nSPS) is 18.4. The molecule has 1 aliphatic heterocycles. The predicted molar refractivity (Wildman–Crippen MR) is 81.8 cm³/mol. The van der Waals surface area contributed by atoms with Gasteiger partial charge in [-0.1, -0.05) is 30.6 Å².